The molecule has 0 aromatic heterocycles. The summed E-state index contributed by atoms with van der Waals surface area (Å²) < 4.78 is 38.6. The largest absolute Gasteiger partial charge is 0.456 e. The van der Waals surface area contributed by atoms with Crippen LogP contribution in [-0.2, 0) is 11.1 Å². The van der Waals surface area contributed by atoms with Crippen LogP contribution in [-0.4, -0.2) is 8.76 Å². The van der Waals surface area contributed by atoms with Crippen molar-refractivity contribution in [3.8, 4) is 11.5 Å². The van der Waals surface area contributed by atoms with Gasteiger partial charge in [-0.05, 0) is 58.4 Å². The van der Waals surface area contributed by atoms with Crippen molar-refractivity contribution >= 4 is 27.0 Å². The monoisotopic (exact) mass is 330 g/mol. The van der Waals surface area contributed by atoms with Crippen LogP contribution in [0.5, 0.6) is 11.5 Å². The Balaban J connectivity index is 2.24. The topological polar surface area (TPSA) is 46.5 Å². The van der Waals surface area contributed by atoms with Gasteiger partial charge in [-0.2, -0.15) is 0 Å². The highest BCUT2D eigenvalue weighted by Crippen LogP contribution is 2.31. The molecule has 0 saturated carbocycles. The summed E-state index contributed by atoms with van der Waals surface area (Å²) in [7, 11) is 0. The van der Waals surface area contributed by atoms with E-state index in [0.717, 1.165) is 0 Å². The molecule has 0 bridgehead atoms. The van der Waals surface area contributed by atoms with Crippen molar-refractivity contribution in [1.82, 2.24) is 0 Å². The van der Waals surface area contributed by atoms with E-state index in [2.05, 4.69) is 15.9 Å². The van der Waals surface area contributed by atoms with Gasteiger partial charge in [-0.15, -0.1) is 0 Å². The molecule has 0 spiro atoms. The maximum absolute atomic E-state index is 12.7. The van der Waals surface area contributed by atoms with E-state index in [-0.39, 0.29) is 10.7 Å². The van der Waals surface area contributed by atoms with Gasteiger partial charge in [-0.25, -0.2) is 8.60 Å². The fraction of sp³-hybridized carbons (Fsp3) is 0. The quantitative estimate of drug-likeness (QED) is 0.866. The zero-order valence-corrected chi connectivity index (χ0v) is 11.4. The van der Waals surface area contributed by atoms with E-state index >= 15 is 0 Å². The van der Waals surface area contributed by atoms with E-state index < -0.39 is 11.1 Å². The predicted molar refractivity (Wildman–Crippen MR) is 69.7 cm³/mol. The number of rotatable bonds is 3. The summed E-state index contributed by atoms with van der Waals surface area (Å²) in [6, 6.07) is 10.1. The van der Waals surface area contributed by atoms with Gasteiger partial charge in [0.15, 0.2) is 11.1 Å². The molecule has 0 amide bonds. The van der Waals surface area contributed by atoms with E-state index in [1.54, 1.807) is 6.07 Å². The smallest absolute Gasteiger partial charge is 0.186 e. The van der Waals surface area contributed by atoms with E-state index in [0.29, 0.717) is 16.0 Å². The van der Waals surface area contributed by atoms with Gasteiger partial charge in [-0.3, -0.25) is 0 Å². The summed E-state index contributed by atoms with van der Waals surface area (Å²) in [6.45, 7) is 0. The summed E-state index contributed by atoms with van der Waals surface area (Å²) in [5, 5.41) is 0. The first-order chi connectivity index (χ1) is 8.56. The van der Waals surface area contributed by atoms with Crippen LogP contribution in [0, 0.1) is 5.82 Å². The highest BCUT2D eigenvalue weighted by atomic mass is 79.9. The molecule has 0 fully saturated rings. The third-order valence-electron chi connectivity index (χ3n) is 2.15. The second-order valence-corrected chi connectivity index (χ2v) is 5.22. The van der Waals surface area contributed by atoms with Gasteiger partial charge in [0.2, 0.25) is 0 Å². The van der Waals surface area contributed by atoms with E-state index in [1.807, 2.05) is 0 Å². The lowest BCUT2D eigenvalue weighted by atomic mass is 10.3. The van der Waals surface area contributed by atoms with Crippen molar-refractivity contribution in [2.75, 3.05) is 0 Å². The van der Waals surface area contributed by atoms with Crippen molar-refractivity contribution < 1.29 is 17.9 Å². The molecule has 2 aromatic carbocycles. The maximum atomic E-state index is 12.7. The Hall–Kier alpha value is -1.24. The van der Waals surface area contributed by atoms with Crippen LogP contribution in [0.4, 0.5) is 4.39 Å². The fourth-order valence-electron chi connectivity index (χ4n) is 1.30. The first kappa shape index (κ1) is 13.2. The van der Waals surface area contributed by atoms with Gasteiger partial charge in [0.05, 0.1) is 9.37 Å². The molecule has 2 aromatic rings. The molecule has 0 saturated heterocycles. The van der Waals surface area contributed by atoms with Crippen LogP contribution >= 0.6 is 15.9 Å². The average molecular weight is 331 g/mol. The number of halogens is 2. The third kappa shape index (κ3) is 3.16. The summed E-state index contributed by atoms with van der Waals surface area (Å²) >= 11 is 1.21. The van der Waals surface area contributed by atoms with Crippen LogP contribution in [0.1, 0.15) is 0 Å². The minimum Gasteiger partial charge on any atom is -0.456 e. The van der Waals surface area contributed by atoms with Crippen LogP contribution in [0.15, 0.2) is 51.8 Å². The lowest BCUT2D eigenvalue weighted by Crippen LogP contribution is -1.90. The van der Waals surface area contributed by atoms with Crippen molar-refractivity contribution in [2.24, 2.45) is 0 Å². The molecular weight excluding hydrogens is 323 g/mol. The third-order valence-corrected chi connectivity index (χ3v) is 3.42. The highest BCUT2D eigenvalue weighted by Gasteiger charge is 2.07. The van der Waals surface area contributed by atoms with Crippen molar-refractivity contribution in [1.29, 1.82) is 0 Å². The molecule has 0 radical (unpaired) electrons. The summed E-state index contributed by atoms with van der Waals surface area (Å²) in [5.41, 5.74) is 0. The summed E-state index contributed by atoms with van der Waals surface area (Å²) in [6.07, 6.45) is 0. The highest BCUT2D eigenvalue weighted by molar-refractivity contribution is 9.10. The molecule has 94 valence electrons. The first-order valence-corrected chi connectivity index (χ1v) is 6.80. The Morgan fingerprint density at radius 3 is 2.39 bits per heavy atom. The normalized spacial score (nSPS) is 12.2. The van der Waals surface area contributed by atoms with Gasteiger partial charge in [0.25, 0.3) is 0 Å². The maximum Gasteiger partial charge on any atom is 0.186 e. The van der Waals surface area contributed by atoms with Crippen LogP contribution < -0.4 is 4.74 Å². The fourth-order valence-corrected chi connectivity index (χ4v) is 2.32. The van der Waals surface area contributed by atoms with Gasteiger partial charge in [0, 0.05) is 0 Å². The Bertz CT molecular complexity index is 586. The van der Waals surface area contributed by atoms with Gasteiger partial charge < -0.3 is 9.29 Å². The lowest BCUT2D eigenvalue weighted by molar-refractivity contribution is 0.477. The van der Waals surface area contributed by atoms with Gasteiger partial charge >= 0.3 is 0 Å². The molecule has 0 aliphatic rings. The lowest BCUT2D eigenvalue weighted by Gasteiger charge is -2.08. The molecule has 18 heavy (non-hydrogen) atoms. The minimum absolute atomic E-state index is 0.272. The SMILES string of the molecule is O=S(O)c1ccc(Oc2ccc(F)cc2)c(Br)c1. The molecule has 0 heterocycles. The predicted octanol–water partition coefficient (Wildman–Crippen LogP) is 3.96. The average Bonchev–Trinajstić information content (AvgIpc) is 2.34. The van der Waals surface area contributed by atoms with Crippen LogP contribution in [0.25, 0.3) is 0 Å². The van der Waals surface area contributed by atoms with Gasteiger partial charge in [-0.1, -0.05) is 0 Å². The van der Waals surface area contributed by atoms with Crippen LogP contribution in [0.2, 0.25) is 0 Å². The summed E-state index contributed by atoms with van der Waals surface area (Å²) in [5.74, 6) is 0.623. The number of benzene rings is 2. The summed E-state index contributed by atoms with van der Waals surface area (Å²) in [4.78, 5) is 0.272. The minimum atomic E-state index is -2.03. The van der Waals surface area contributed by atoms with Crippen LogP contribution in [0.3, 0.4) is 0 Å². The molecule has 3 nitrogen and oxygen atoms in total. The molecule has 0 aliphatic heterocycles. The second-order valence-electron chi connectivity index (χ2n) is 3.40. The Kier molecular flexibility index (Phi) is 4.11. The number of hydrogen-bond donors (Lipinski definition) is 1. The standard InChI is InChI=1S/C12H8BrFO3S/c13-11-7-10(18(15)16)5-6-12(11)17-9-3-1-8(14)2-4-9/h1-7H,(H,15,16). The van der Waals surface area contributed by atoms with Crippen molar-refractivity contribution in [3.63, 3.8) is 0 Å². The molecule has 0 aliphatic carbocycles. The number of hydrogen-bond acceptors (Lipinski definition) is 2. The van der Waals surface area contributed by atoms with E-state index in [4.69, 9.17) is 9.29 Å². The molecule has 1 N–H and O–H groups in total. The van der Waals surface area contributed by atoms with E-state index in [9.17, 15) is 8.60 Å². The Labute approximate surface area is 114 Å². The van der Waals surface area contributed by atoms with Gasteiger partial charge in [0.1, 0.15) is 17.3 Å². The van der Waals surface area contributed by atoms with Crippen molar-refractivity contribution in [3.05, 3.63) is 52.8 Å². The molecule has 2 rings (SSSR count). The second kappa shape index (κ2) is 5.60. The molecule has 1 atom stereocenters. The van der Waals surface area contributed by atoms with E-state index in [1.165, 1.54) is 36.4 Å². The first-order valence-electron chi connectivity index (χ1n) is 4.90. The number of ether oxygens (including phenoxy) is 1. The molecular formula is C12H8BrFO3S. The zero-order valence-electron chi connectivity index (χ0n) is 8.97. The zero-order chi connectivity index (χ0) is 13.1. The Morgan fingerprint density at radius 2 is 1.83 bits per heavy atom. The molecule has 6 heteroatoms. The van der Waals surface area contributed by atoms with Crippen molar-refractivity contribution in [2.45, 2.75) is 4.90 Å². The Morgan fingerprint density at radius 1 is 1.17 bits per heavy atom. The molecule has 1 unspecified atom stereocenters.